The summed E-state index contributed by atoms with van der Waals surface area (Å²) in [5, 5.41) is 3.31. The number of benzene rings is 1. The summed E-state index contributed by atoms with van der Waals surface area (Å²) in [6.07, 6.45) is 0. The molecule has 118 valence electrons. The molecule has 0 heterocycles. The number of nitrogens with one attached hydrogen (secondary N) is 1. The van der Waals surface area contributed by atoms with Crippen LogP contribution in [-0.4, -0.2) is 44.0 Å². The second-order valence-electron chi connectivity index (χ2n) is 4.99. The number of carbonyl (C=O) groups excluding carboxylic acids is 1. The molecule has 0 aliphatic rings. The minimum Gasteiger partial charge on any atom is -0.364 e. The van der Waals surface area contributed by atoms with Crippen LogP contribution in [0.15, 0.2) is 22.7 Å². The highest BCUT2D eigenvalue weighted by Crippen LogP contribution is 2.26. The standard InChI is InChI=1S/C16H26BrN3O/c1-5-18-11-13-8-9-15(14(17)10-13)19(4)12-16(21)20(6-2)7-3/h8-10,18H,5-7,11-12H2,1-4H3. The van der Waals surface area contributed by atoms with Crippen LogP contribution in [0.3, 0.4) is 0 Å². The van der Waals surface area contributed by atoms with Crippen molar-refractivity contribution in [2.24, 2.45) is 0 Å². The van der Waals surface area contributed by atoms with Gasteiger partial charge < -0.3 is 15.1 Å². The molecular weight excluding hydrogens is 330 g/mol. The summed E-state index contributed by atoms with van der Waals surface area (Å²) in [6, 6.07) is 6.27. The molecule has 1 aromatic carbocycles. The molecule has 5 heteroatoms. The zero-order valence-corrected chi connectivity index (χ0v) is 15.0. The molecular formula is C16H26BrN3O. The highest BCUT2D eigenvalue weighted by atomic mass is 79.9. The Morgan fingerprint density at radius 1 is 1.24 bits per heavy atom. The number of halogens is 1. The lowest BCUT2D eigenvalue weighted by atomic mass is 10.2. The molecule has 0 saturated heterocycles. The molecule has 1 N–H and O–H groups in total. The van der Waals surface area contributed by atoms with E-state index in [1.807, 2.05) is 30.7 Å². The second kappa shape index (κ2) is 9.05. The van der Waals surface area contributed by atoms with E-state index in [4.69, 9.17) is 0 Å². The summed E-state index contributed by atoms with van der Waals surface area (Å²) in [7, 11) is 1.95. The van der Waals surface area contributed by atoms with Gasteiger partial charge >= 0.3 is 0 Å². The fourth-order valence-corrected chi connectivity index (χ4v) is 2.93. The van der Waals surface area contributed by atoms with E-state index in [0.717, 1.165) is 36.3 Å². The topological polar surface area (TPSA) is 35.6 Å². The smallest absolute Gasteiger partial charge is 0.242 e. The number of nitrogens with zero attached hydrogens (tertiary/aromatic N) is 2. The summed E-state index contributed by atoms with van der Waals surface area (Å²) < 4.78 is 1.02. The third-order valence-corrected chi connectivity index (χ3v) is 4.13. The van der Waals surface area contributed by atoms with Crippen molar-refractivity contribution in [2.75, 3.05) is 38.1 Å². The van der Waals surface area contributed by atoms with Crippen molar-refractivity contribution in [2.45, 2.75) is 27.3 Å². The molecule has 0 spiro atoms. The van der Waals surface area contributed by atoms with Crippen molar-refractivity contribution in [1.82, 2.24) is 10.2 Å². The summed E-state index contributed by atoms with van der Waals surface area (Å²) in [5.74, 6) is 0.158. The van der Waals surface area contributed by atoms with Crippen molar-refractivity contribution >= 4 is 27.5 Å². The molecule has 0 bridgehead atoms. The molecule has 0 radical (unpaired) electrons. The van der Waals surface area contributed by atoms with Gasteiger partial charge in [0.25, 0.3) is 0 Å². The maximum absolute atomic E-state index is 12.2. The van der Waals surface area contributed by atoms with Crippen molar-refractivity contribution in [3.8, 4) is 0 Å². The average Bonchev–Trinajstić information content (AvgIpc) is 2.46. The Bertz CT molecular complexity index is 461. The Morgan fingerprint density at radius 2 is 1.90 bits per heavy atom. The zero-order valence-electron chi connectivity index (χ0n) is 13.4. The molecule has 21 heavy (non-hydrogen) atoms. The lowest BCUT2D eigenvalue weighted by Gasteiger charge is -2.25. The van der Waals surface area contributed by atoms with Gasteiger partial charge in [0.15, 0.2) is 0 Å². The first-order valence-electron chi connectivity index (χ1n) is 7.51. The molecule has 0 saturated carbocycles. The molecule has 4 nitrogen and oxygen atoms in total. The van der Waals surface area contributed by atoms with Crippen LogP contribution in [0.5, 0.6) is 0 Å². The van der Waals surface area contributed by atoms with Crippen LogP contribution < -0.4 is 10.2 Å². The van der Waals surface area contributed by atoms with E-state index in [1.54, 1.807) is 0 Å². The van der Waals surface area contributed by atoms with Crippen molar-refractivity contribution in [3.05, 3.63) is 28.2 Å². The highest BCUT2D eigenvalue weighted by molar-refractivity contribution is 9.10. The monoisotopic (exact) mass is 355 g/mol. The van der Waals surface area contributed by atoms with Crippen molar-refractivity contribution in [3.63, 3.8) is 0 Å². The van der Waals surface area contributed by atoms with Gasteiger partial charge in [0, 0.05) is 31.2 Å². The maximum Gasteiger partial charge on any atom is 0.242 e. The number of anilines is 1. The van der Waals surface area contributed by atoms with Crippen LogP contribution in [0.4, 0.5) is 5.69 Å². The first-order valence-corrected chi connectivity index (χ1v) is 8.30. The molecule has 1 aromatic rings. The minimum atomic E-state index is 0.158. The van der Waals surface area contributed by atoms with Crippen molar-refractivity contribution < 1.29 is 4.79 Å². The molecule has 0 fully saturated rings. The van der Waals surface area contributed by atoms with Crippen LogP contribution >= 0.6 is 15.9 Å². The predicted molar refractivity (Wildman–Crippen MR) is 92.7 cm³/mol. The van der Waals surface area contributed by atoms with E-state index < -0.39 is 0 Å². The van der Waals surface area contributed by atoms with Crippen LogP contribution in [0.2, 0.25) is 0 Å². The zero-order chi connectivity index (χ0) is 15.8. The third-order valence-electron chi connectivity index (χ3n) is 3.49. The van der Waals surface area contributed by atoms with Gasteiger partial charge in [-0.05, 0) is 54.0 Å². The average molecular weight is 356 g/mol. The number of hydrogen-bond acceptors (Lipinski definition) is 3. The van der Waals surface area contributed by atoms with Gasteiger partial charge in [-0.3, -0.25) is 4.79 Å². The Kier molecular flexibility index (Phi) is 7.75. The molecule has 0 aromatic heterocycles. The predicted octanol–water partition coefficient (Wildman–Crippen LogP) is 2.86. The lowest BCUT2D eigenvalue weighted by molar-refractivity contribution is -0.129. The number of amides is 1. The SMILES string of the molecule is CCNCc1ccc(N(C)CC(=O)N(CC)CC)c(Br)c1. The van der Waals surface area contributed by atoms with Gasteiger partial charge in [0.05, 0.1) is 12.2 Å². The number of likely N-dealkylation sites (N-methyl/N-ethyl adjacent to an activating group) is 2. The van der Waals surface area contributed by atoms with E-state index >= 15 is 0 Å². The number of hydrogen-bond donors (Lipinski definition) is 1. The first-order chi connectivity index (χ1) is 10.0. The molecule has 1 rings (SSSR count). The highest BCUT2D eigenvalue weighted by Gasteiger charge is 2.14. The summed E-state index contributed by atoms with van der Waals surface area (Å²) in [6.45, 7) is 9.83. The van der Waals surface area contributed by atoms with E-state index in [1.165, 1.54) is 5.56 Å². The van der Waals surface area contributed by atoms with Crippen LogP contribution in [-0.2, 0) is 11.3 Å². The van der Waals surface area contributed by atoms with Crippen molar-refractivity contribution in [1.29, 1.82) is 0 Å². The summed E-state index contributed by atoms with van der Waals surface area (Å²) in [5.41, 5.74) is 2.27. The van der Waals surface area contributed by atoms with E-state index in [9.17, 15) is 4.79 Å². The van der Waals surface area contributed by atoms with Gasteiger partial charge in [0.2, 0.25) is 5.91 Å². The molecule has 0 atom stereocenters. The minimum absolute atomic E-state index is 0.158. The van der Waals surface area contributed by atoms with Gasteiger partial charge in [-0.1, -0.05) is 13.0 Å². The van der Waals surface area contributed by atoms with Gasteiger partial charge in [0.1, 0.15) is 0 Å². The Labute approximate surface area is 136 Å². The number of carbonyl (C=O) groups is 1. The Hall–Kier alpha value is -1.07. The van der Waals surface area contributed by atoms with E-state index in [-0.39, 0.29) is 5.91 Å². The van der Waals surface area contributed by atoms with E-state index in [2.05, 4.69) is 46.4 Å². The van der Waals surface area contributed by atoms with Crippen LogP contribution in [0.1, 0.15) is 26.3 Å². The third kappa shape index (κ3) is 5.32. The quantitative estimate of drug-likeness (QED) is 0.778. The van der Waals surface area contributed by atoms with Gasteiger partial charge in [-0.15, -0.1) is 0 Å². The maximum atomic E-state index is 12.2. The molecule has 0 aliphatic heterocycles. The van der Waals surface area contributed by atoms with Gasteiger partial charge in [-0.2, -0.15) is 0 Å². The lowest BCUT2D eigenvalue weighted by Crippen LogP contribution is -2.38. The van der Waals surface area contributed by atoms with Gasteiger partial charge in [-0.25, -0.2) is 0 Å². The van der Waals surface area contributed by atoms with Crippen LogP contribution in [0.25, 0.3) is 0 Å². The molecule has 0 unspecified atom stereocenters. The van der Waals surface area contributed by atoms with E-state index in [0.29, 0.717) is 6.54 Å². The normalized spacial score (nSPS) is 10.5. The Morgan fingerprint density at radius 3 is 2.43 bits per heavy atom. The second-order valence-corrected chi connectivity index (χ2v) is 5.84. The molecule has 0 aliphatic carbocycles. The first kappa shape index (κ1) is 18.0. The molecule has 1 amide bonds. The Balaban J connectivity index is 2.74. The fourth-order valence-electron chi connectivity index (χ4n) is 2.20. The fraction of sp³-hybridized carbons (Fsp3) is 0.562. The largest absolute Gasteiger partial charge is 0.364 e. The van der Waals surface area contributed by atoms with Crippen LogP contribution in [0, 0.1) is 0 Å². The summed E-state index contributed by atoms with van der Waals surface area (Å²) in [4.78, 5) is 16.0. The number of rotatable bonds is 8. The summed E-state index contributed by atoms with van der Waals surface area (Å²) >= 11 is 3.61.